The molecule has 0 spiro atoms. The molecule has 2 rings (SSSR count). The quantitative estimate of drug-likeness (QED) is 0.459. The normalized spacial score (nSPS) is 18.5. The van der Waals surface area contributed by atoms with Crippen molar-refractivity contribution in [1.29, 1.82) is 0 Å². The molecule has 1 aromatic carbocycles. The smallest absolute Gasteiger partial charge is 0.191 e. The molecule has 22 heavy (non-hydrogen) atoms. The number of aliphatic imine (C=N–C) groups is 1. The maximum atomic E-state index is 5.62. The van der Waals surface area contributed by atoms with Crippen LogP contribution >= 0.6 is 0 Å². The van der Waals surface area contributed by atoms with E-state index in [-0.39, 0.29) is 0 Å². The van der Waals surface area contributed by atoms with Crippen LogP contribution in [0.1, 0.15) is 24.0 Å². The van der Waals surface area contributed by atoms with Crippen molar-refractivity contribution in [3.63, 3.8) is 0 Å². The van der Waals surface area contributed by atoms with Crippen LogP contribution in [-0.4, -0.2) is 45.5 Å². The first kappa shape index (κ1) is 16.8. The Bertz CT molecular complexity index is 471. The van der Waals surface area contributed by atoms with Gasteiger partial charge in [0.05, 0.1) is 19.3 Å². The number of hydrogen-bond donors (Lipinski definition) is 2. The molecular weight excluding hydrogens is 278 g/mol. The van der Waals surface area contributed by atoms with E-state index in [1.54, 1.807) is 7.05 Å². The molecule has 0 amide bonds. The Hall–Kier alpha value is -1.59. The fourth-order valence-corrected chi connectivity index (χ4v) is 2.46. The third-order valence-corrected chi connectivity index (χ3v) is 3.63. The van der Waals surface area contributed by atoms with Gasteiger partial charge >= 0.3 is 0 Å². The van der Waals surface area contributed by atoms with E-state index in [1.807, 2.05) is 0 Å². The molecule has 5 nitrogen and oxygen atoms in total. The summed E-state index contributed by atoms with van der Waals surface area (Å²) in [7, 11) is 1.78. The minimum Gasteiger partial charge on any atom is -0.377 e. The Morgan fingerprint density at radius 1 is 1.41 bits per heavy atom. The lowest BCUT2D eigenvalue weighted by Crippen LogP contribution is -2.38. The minimum atomic E-state index is 0.291. The van der Waals surface area contributed by atoms with E-state index in [0.29, 0.717) is 19.3 Å². The van der Waals surface area contributed by atoms with Crippen molar-refractivity contribution in [2.45, 2.75) is 32.4 Å². The number of guanidine groups is 1. The SMILES string of the molecule is CN=C(NCCOCC1CCCO1)NCc1cccc(C)c1. The number of ether oxygens (including phenoxy) is 2. The highest BCUT2D eigenvalue weighted by Gasteiger charge is 2.14. The summed E-state index contributed by atoms with van der Waals surface area (Å²) in [5.74, 6) is 0.794. The maximum absolute atomic E-state index is 5.62. The Morgan fingerprint density at radius 3 is 3.05 bits per heavy atom. The molecule has 0 saturated carbocycles. The molecule has 1 unspecified atom stereocenters. The first-order valence-corrected chi connectivity index (χ1v) is 7.97. The largest absolute Gasteiger partial charge is 0.377 e. The first-order valence-electron chi connectivity index (χ1n) is 7.97. The van der Waals surface area contributed by atoms with Crippen LogP contribution in [0.5, 0.6) is 0 Å². The highest BCUT2D eigenvalue weighted by molar-refractivity contribution is 5.79. The third-order valence-electron chi connectivity index (χ3n) is 3.63. The highest BCUT2D eigenvalue weighted by atomic mass is 16.5. The van der Waals surface area contributed by atoms with Gasteiger partial charge in [-0.3, -0.25) is 4.99 Å². The van der Waals surface area contributed by atoms with E-state index in [1.165, 1.54) is 11.1 Å². The lowest BCUT2D eigenvalue weighted by molar-refractivity contribution is 0.0191. The second kappa shape index (κ2) is 9.43. The van der Waals surface area contributed by atoms with Gasteiger partial charge in [-0.2, -0.15) is 0 Å². The van der Waals surface area contributed by atoms with Crippen LogP contribution < -0.4 is 10.6 Å². The number of nitrogens with one attached hydrogen (secondary N) is 2. The molecule has 0 radical (unpaired) electrons. The Kier molecular flexibility index (Phi) is 7.19. The van der Waals surface area contributed by atoms with Gasteiger partial charge in [-0.1, -0.05) is 29.8 Å². The van der Waals surface area contributed by atoms with E-state index >= 15 is 0 Å². The van der Waals surface area contributed by atoms with Crippen LogP contribution in [-0.2, 0) is 16.0 Å². The molecule has 1 fully saturated rings. The predicted octanol–water partition coefficient (Wildman–Crippen LogP) is 1.86. The van der Waals surface area contributed by atoms with Gasteiger partial charge in [-0.25, -0.2) is 0 Å². The van der Waals surface area contributed by atoms with Crippen LogP contribution in [0.3, 0.4) is 0 Å². The summed E-state index contributed by atoms with van der Waals surface area (Å²) in [6.45, 7) is 5.82. The zero-order valence-electron chi connectivity index (χ0n) is 13.6. The molecule has 122 valence electrons. The van der Waals surface area contributed by atoms with Crippen molar-refractivity contribution in [1.82, 2.24) is 10.6 Å². The molecule has 0 aromatic heterocycles. The average Bonchev–Trinajstić information content (AvgIpc) is 3.03. The Labute approximate surface area is 133 Å². The zero-order valence-corrected chi connectivity index (χ0v) is 13.6. The molecule has 0 aliphatic carbocycles. The number of aryl methyl sites for hydroxylation is 1. The summed E-state index contributed by atoms with van der Waals surface area (Å²) in [4.78, 5) is 4.21. The Balaban J connectivity index is 1.58. The van der Waals surface area contributed by atoms with Crippen LogP contribution in [0.4, 0.5) is 0 Å². The van der Waals surface area contributed by atoms with Crippen molar-refractivity contribution < 1.29 is 9.47 Å². The average molecular weight is 305 g/mol. The van der Waals surface area contributed by atoms with E-state index in [4.69, 9.17) is 9.47 Å². The minimum absolute atomic E-state index is 0.291. The van der Waals surface area contributed by atoms with Crippen LogP contribution in [0.15, 0.2) is 29.3 Å². The van der Waals surface area contributed by atoms with E-state index in [9.17, 15) is 0 Å². The molecule has 1 aromatic rings. The summed E-state index contributed by atoms with van der Waals surface area (Å²) in [6, 6.07) is 8.45. The molecule has 1 saturated heterocycles. The molecule has 1 atom stereocenters. The molecule has 0 bridgehead atoms. The van der Waals surface area contributed by atoms with Crippen molar-refractivity contribution >= 4 is 5.96 Å². The fourth-order valence-electron chi connectivity index (χ4n) is 2.46. The summed E-state index contributed by atoms with van der Waals surface area (Å²) < 4.78 is 11.1. The summed E-state index contributed by atoms with van der Waals surface area (Å²) >= 11 is 0. The van der Waals surface area contributed by atoms with Gasteiger partial charge in [0.15, 0.2) is 5.96 Å². The van der Waals surface area contributed by atoms with Crippen LogP contribution in [0, 0.1) is 6.92 Å². The van der Waals surface area contributed by atoms with Crippen molar-refractivity contribution in [2.75, 3.05) is 33.4 Å². The predicted molar refractivity (Wildman–Crippen MR) is 89.2 cm³/mol. The second-order valence-electron chi connectivity index (χ2n) is 5.55. The van der Waals surface area contributed by atoms with Crippen LogP contribution in [0.25, 0.3) is 0 Å². The summed E-state index contributed by atoms with van der Waals surface area (Å²) in [6.07, 6.45) is 2.56. The molecule has 2 N–H and O–H groups in total. The lowest BCUT2D eigenvalue weighted by atomic mass is 10.1. The van der Waals surface area contributed by atoms with Gasteiger partial charge in [-0.05, 0) is 25.3 Å². The maximum Gasteiger partial charge on any atom is 0.191 e. The number of rotatable bonds is 7. The third kappa shape index (κ3) is 6.03. The van der Waals surface area contributed by atoms with Gasteiger partial charge in [0, 0.05) is 26.7 Å². The monoisotopic (exact) mass is 305 g/mol. The van der Waals surface area contributed by atoms with E-state index < -0.39 is 0 Å². The zero-order chi connectivity index (χ0) is 15.6. The molecule has 1 aliphatic rings. The molecule has 1 heterocycles. The summed E-state index contributed by atoms with van der Waals surface area (Å²) in [5.41, 5.74) is 2.52. The van der Waals surface area contributed by atoms with Gasteiger partial charge in [0.1, 0.15) is 0 Å². The van der Waals surface area contributed by atoms with Crippen molar-refractivity contribution in [2.24, 2.45) is 4.99 Å². The van der Waals surface area contributed by atoms with Crippen molar-refractivity contribution in [3.05, 3.63) is 35.4 Å². The standard InChI is InChI=1S/C17H27N3O2/c1-14-5-3-6-15(11-14)12-20-17(18-2)19-8-10-21-13-16-7-4-9-22-16/h3,5-6,11,16H,4,7-10,12-13H2,1-2H3,(H2,18,19,20). The molecular formula is C17H27N3O2. The molecule has 5 heteroatoms. The van der Waals surface area contributed by atoms with Gasteiger partial charge in [-0.15, -0.1) is 0 Å². The Morgan fingerprint density at radius 2 is 2.32 bits per heavy atom. The topological polar surface area (TPSA) is 54.9 Å². The van der Waals surface area contributed by atoms with Gasteiger partial charge in [0.25, 0.3) is 0 Å². The molecule has 1 aliphatic heterocycles. The number of hydrogen-bond acceptors (Lipinski definition) is 3. The number of benzene rings is 1. The summed E-state index contributed by atoms with van der Waals surface area (Å²) in [5, 5.41) is 6.56. The number of nitrogens with zero attached hydrogens (tertiary/aromatic N) is 1. The van der Waals surface area contributed by atoms with E-state index in [2.05, 4.69) is 46.8 Å². The highest BCUT2D eigenvalue weighted by Crippen LogP contribution is 2.11. The van der Waals surface area contributed by atoms with Gasteiger partial charge in [0.2, 0.25) is 0 Å². The first-order chi connectivity index (χ1) is 10.8. The second-order valence-corrected chi connectivity index (χ2v) is 5.55. The van der Waals surface area contributed by atoms with E-state index in [0.717, 1.165) is 38.5 Å². The van der Waals surface area contributed by atoms with Gasteiger partial charge < -0.3 is 20.1 Å². The fraction of sp³-hybridized carbons (Fsp3) is 0.588. The lowest BCUT2D eigenvalue weighted by Gasteiger charge is -2.13. The van der Waals surface area contributed by atoms with Crippen LogP contribution in [0.2, 0.25) is 0 Å². The van der Waals surface area contributed by atoms with Crippen molar-refractivity contribution in [3.8, 4) is 0 Å².